The van der Waals surface area contributed by atoms with Gasteiger partial charge in [0.2, 0.25) is 0 Å². The van der Waals surface area contributed by atoms with Gasteiger partial charge in [-0.05, 0) is 152 Å². The van der Waals surface area contributed by atoms with Crippen LogP contribution in [0.5, 0.6) is 0 Å². The largest absolute Gasteiger partial charge is 0.103 e. The molecule has 0 bridgehead atoms. The summed E-state index contributed by atoms with van der Waals surface area (Å²) in [6.45, 7) is 51.2. The highest BCUT2D eigenvalue weighted by atomic mass is 14.7. The maximum Gasteiger partial charge on any atom is -0.00249 e. The highest BCUT2D eigenvalue weighted by molar-refractivity contribution is 5.29. The van der Waals surface area contributed by atoms with Gasteiger partial charge in [-0.3, -0.25) is 0 Å². The van der Waals surface area contributed by atoms with Crippen molar-refractivity contribution in [3.63, 3.8) is 0 Å². The third kappa shape index (κ3) is 25.7. The molecule has 0 nitrogen and oxygen atoms in total. The minimum atomic E-state index is 0.0166. The monoisotopic (exact) mass is 1120 g/mol. The van der Waals surface area contributed by atoms with Crippen molar-refractivity contribution in [2.45, 2.75) is 401 Å². The lowest BCUT2D eigenvalue weighted by Gasteiger charge is -2.73. The van der Waals surface area contributed by atoms with Crippen LogP contribution in [0, 0.1) is 74.9 Å². The van der Waals surface area contributed by atoms with E-state index in [0.717, 1.165) is 42.4 Å². The molecular weight excluding hydrogens is 961 g/mol. The van der Waals surface area contributed by atoms with Crippen LogP contribution in [0.4, 0.5) is 0 Å². The average Bonchev–Trinajstić information content (AvgIpc) is 3.63. The molecule has 0 aliphatic heterocycles. The Morgan fingerprint density at radius 3 is 1.24 bits per heavy atom. The van der Waals surface area contributed by atoms with Crippen LogP contribution < -0.4 is 0 Å². The van der Waals surface area contributed by atoms with E-state index in [0.29, 0.717) is 17.8 Å². The minimum Gasteiger partial charge on any atom is -0.103 e. The highest BCUT2D eigenvalue weighted by Gasteiger charge is 2.71. The maximum atomic E-state index is 4.85. The second kappa shape index (κ2) is 48.3. The van der Waals surface area contributed by atoms with Crippen molar-refractivity contribution in [2.24, 2.45) is 69.0 Å². The number of allylic oxidation sites excluding steroid dienone is 5. The molecule has 0 spiro atoms. The van der Waals surface area contributed by atoms with Crippen molar-refractivity contribution in [1.82, 2.24) is 0 Å². The van der Waals surface area contributed by atoms with Crippen molar-refractivity contribution < 1.29 is 0 Å². The van der Waals surface area contributed by atoms with E-state index in [1.165, 1.54) is 263 Å². The maximum absolute atomic E-state index is 4.85. The molecule has 0 aromatic carbocycles. The summed E-state index contributed by atoms with van der Waals surface area (Å²) in [5.74, 6) is 7.63. The second-order valence-electron chi connectivity index (χ2n) is 28.6. The van der Waals surface area contributed by atoms with Crippen molar-refractivity contribution in [2.75, 3.05) is 0 Å². The predicted octanol–water partition coefficient (Wildman–Crippen LogP) is 28.9. The molecule has 11 unspecified atom stereocenters. The number of hydrogen-bond acceptors (Lipinski definition) is 0. The standard InChI is InChI=1S/C80H155/c1-20-35-43-53-71(48-28-9)63-70(19)77(59-40-25-6,65-73(50-30-11)55-45-37-22-3)78(60-41-26-7,66-74(51-31-12)56-46-38-23-4)79(61-42-27-8,67-75(52-32-13)57-47-39-24-5)80(58-33-14,69(18)34-15)76(62-68(16)17)64-72(49-29-10)54-44-36-21-2/h26-27,40-41,59,68-75H,8,20-25,28-39,42-58,60-67H2,1-7,9-19H3. The first-order valence-corrected chi connectivity index (χ1v) is 37.4. The van der Waals surface area contributed by atoms with E-state index in [4.69, 9.17) is 6.58 Å². The first-order valence-electron chi connectivity index (χ1n) is 37.4. The second-order valence-corrected chi connectivity index (χ2v) is 28.6. The summed E-state index contributed by atoms with van der Waals surface area (Å²) in [6, 6.07) is 0. The molecule has 0 heteroatoms. The van der Waals surface area contributed by atoms with Gasteiger partial charge in [-0.25, -0.2) is 0 Å². The Balaban J connectivity index is 11.2. The topological polar surface area (TPSA) is 0 Å². The zero-order valence-electron chi connectivity index (χ0n) is 59.1. The number of rotatable bonds is 58. The Hall–Kier alpha value is -0.780. The molecule has 11 atom stereocenters. The Labute approximate surface area is 510 Å². The lowest BCUT2D eigenvalue weighted by molar-refractivity contribution is -0.213. The van der Waals surface area contributed by atoms with Crippen LogP contribution in [-0.4, -0.2) is 0 Å². The van der Waals surface area contributed by atoms with Crippen molar-refractivity contribution in [1.29, 1.82) is 0 Å². The smallest absolute Gasteiger partial charge is 0.00249 e. The summed E-state index contributed by atoms with van der Waals surface area (Å²) in [6.07, 6.45) is 71.8. The van der Waals surface area contributed by atoms with Gasteiger partial charge in [0.1, 0.15) is 0 Å². The fourth-order valence-corrected chi connectivity index (χ4v) is 18.2. The van der Waals surface area contributed by atoms with E-state index in [2.05, 4.69) is 161 Å². The van der Waals surface area contributed by atoms with E-state index >= 15 is 0 Å². The zero-order chi connectivity index (χ0) is 60.1. The van der Waals surface area contributed by atoms with E-state index in [9.17, 15) is 0 Å². The molecule has 0 amide bonds. The van der Waals surface area contributed by atoms with E-state index < -0.39 is 0 Å². The molecule has 0 aromatic rings. The van der Waals surface area contributed by atoms with E-state index in [1.807, 2.05) is 0 Å². The Kier molecular flexibility index (Phi) is 47.9. The minimum absolute atomic E-state index is 0.0166. The summed E-state index contributed by atoms with van der Waals surface area (Å²) in [5, 5.41) is 0. The first-order chi connectivity index (χ1) is 38.7. The lowest BCUT2D eigenvalue weighted by Crippen LogP contribution is -2.66. The van der Waals surface area contributed by atoms with Gasteiger partial charge in [0.25, 0.3) is 0 Å². The molecule has 0 saturated heterocycles. The van der Waals surface area contributed by atoms with Gasteiger partial charge in [0.05, 0.1) is 0 Å². The van der Waals surface area contributed by atoms with Crippen LogP contribution in [-0.2, 0) is 0 Å². The molecule has 0 saturated carbocycles. The highest BCUT2D eigenvalue weighted by Crippen LogP contribution is 2.78. The summed E-state index contributed by atoms with van der Waals surface area (Å²) >= 11 is 0. The van der Waals surface area contributed by atoms with Gasteiger partial charge >= 0.3 is 0 Å². The van der Waals surface area contributed by atoms with Crippen LogP contribution in [0.2, 0.25) is 0 Å². The normalized spacial score (nSPS) is 18.2. The van der Waals surface area contributed by atoms with Crippen LogP contribution in [0.15, 0.2) is 37.0 Å². The molecule has 80 heavy (non-hydrogen) atoms. The summed E-state index contributed by atoms with van der Waals surface area (Å²) in [4.78, 5) is 0. The molecule has 0 aromatic heterocycles. The van der Waals surface area contributed by atoms with E-state index in [1.54, 1.807) is 0 Å². The van der Waals surface area contributed by atoms with Crippen LogP contribution in [0.25, 0.3) is 0 Å². The van der Waals surface area contributed by atoms with Crippen LogP contribution in [0.1, 0.15) is 401 Å². The van der Waals surface area contributed by atoms with Crippen molar-refractivity contribution in [3.8, 4) is 0 Å². The molecule has 0 aliphatic carbocycles. The van der Waals surface area contributed by atoms with Crippen LogP contribution in [0.3, 0.4) is 0 Å². The zero-order valence-corrected chi connectivity index (χ0v) is 59.1. The summed E-state index contributed by atoms with van der Waals surface area (Å²) in [7, 11) is 0. The van der Waals surface area contributed by atoms with Gasteiger partial charge in [-0.2, -0.15) is 0 Å². The van der Waals surface area contributed by atoms with Gasteiger partial charge in [-0.15, -0.1) is 6.58 Å². The third-order valence-electron chi connectivity index (χ3n) is 21.7. The SMILES string of the molecule is C=CCCC(CC(CCC)CCCCC)(C(CCC)([C](CC(C)C)CC(CCC)CCCCC)C(C)CC)C(CC=CC)(CC(CCC)CCCCC)C(C=CCC)(CC(CCC)CCCCC)C(C)CC(CCC)CCCCC. The number of hydrogen-bond donors (Lipinski definition) is 0. The summed E-state index contributed by atoms with van der Waals surface area (Å²) < 4.78 is 0. The molecule has 0 aliphatic rings. The quantitative estimate of drug-likeness (QED) is 0.0421. The Bertz CT molecular complexity index is 1430. The van der Waals surface area contributed by atoms with Gasteiger partial charge in [0.15, 0.2) is 0 Å². The number of unbranched alkanes of at least 4 members (excludes halogenated alkanes) is 10. The first kappa shape index (κ1) is 79.2. The fraction of sp³-hybridized carbons (Fsp3) is 0.912. The predicted molar refractivity (Wildman–Crippen MR) is 370 cm³/mol. The fourth-order valence-electron chi connectivity index (χ4n) is 18.2. The van der Waals surface area contributed by atoms with E-state index in [-0.39, 0.29) is 21.7 Å². The van der Waals surface area contributed by atoms with Gasteiger partial charge < -0.3 is 0 Å². The van der Waals surface area contributed by atoms with Crippen molar-refractivity contribution in [3.05, 3.63) is 42.9 Å². The molecular formula is C80H155. The Morgan fingerprint density at radius 1 is 0.412 bits per heavy atom. The van der Waals surface area contributed by atoms with Crippen LogP contribution >= 0.6 is 0 Å². The molecule has 0 N–H and O–H groups in total. The molecule has 0 heterocycles. The summed E-state index contributed by atoms with van der Waals surface area (Å²) in [5.41, 5.74) is 0.157. The van der Waals surface area contributed by atoms with Gasteiger partial charge in [-0.1, -0.05) is 354 Å². The molecule has 0 fully saturated rings. The molecule has 1 radical (unpaired) electrons. The molecule has 475 valence electrons. The average molecular weight is 1120 g/mol. The lowest BCUT2D eigenvalue weighted by atomic mass is 9.31. The van der Waals surface area contributed by atoms with Crippen molar-refractivity contribution >= 4 is 0 Å². The Morgan fingerprint density at radius 2 is 0.838 bits per heavy atom. The third-order valence-corrected chi connectivity index (χ3v) is 21.7. The van der Waals surface area contributed by atoms with Gasteiger partial charge in [0, 0.05) is 0 Å². The molecule has 0 rings (SSSR count).